The predicted molar refractivity (Wildman–Crippen MR) is 110 cm³/mol. The highest BCUT2D eigenvalue weighted by Crippen LogP contribution is 2.36. The fourth-order valence-corrected chi connectivity index (χ4v) is 3.47. The van der Waals surface area contributed by atoms with Gasteiger partial charge in [0.1, 0.15) is 28.4 Å². The Kier molecular flexibility index (Phi) is 5.56. The zero-order valence-corrected chi connectivity index (χ0v) is 17.7. The van der Waals surface area contributed by atoms with Crippen molar-refractivity contribution in [3.05, 3.63) is 69.4 Å². The zero-order valence-electron chi connectivity index (χ0n) is 17.7. The summed E-state index contributed by atoms with van der Waals surface area (Å²) in [5, 5.41) is 8.30. The first-order valence-corrected chi connectivity index (χ1v) is 9.59. The lowest BCUT2D eigenvalue weighted by molar-refractivity contribution is -0.140. The van der Waals surface area contributed by atoms with Gasteiger partial charge in [-0.1, -0.05) is 11.2 Å². The first-order chi connectivity index (χ1) is 15.6. The van der Waals surface area contributed by atoms with E-state index in [0.29, 0.717) is 29.2 Å². The summed E-state index contributed by atoms with van der Waals surface area (Å²) in [5.41, 5.74) is -1.03. The van der Waals surface area contributed by atoms with Crippen LogP contribution >= 0.6 is 0 Å². The molecule has 4 rings (SSSR count). The van der Waals surface area contributed by atoms with Crippen molar-refractivity contribution in [2.45, 2.75) is 19.6 Å². The number of alkyl halides is 3. The normalized spacial score (nSPS) is 11.7. The Bertz CT molecular complexity index is 1410. The van der Waals surface area contributed by atoms with Gasteiger partial charge in [-0.25, -0.2) is 9.07 Å². The van der Waals surface area contributed by atoms with E-state index in [-0.39, 0.29) is 34.5 Å². The average Bonchev–Trinajstić information content (AvgIpc) is 3.17. The van der Waals surface area contributed by atoms with Gasteiger partial charge in [0.15, 0.2) is 0 Å². The third-order valence-electron chi connectivity index (χ3n) is 5.08. The summed E-state index contributed by atoms with van der Waals surface area (Å²) >= 11 is 0. The molecule has 0 aliphatic carbocycles. The Hall–Kier alpha value is -3.89. The summed E-state index contributed by atoms with van der Waals surface area (Å²) in [7, 11) is 2.92. The fraction of sp³-hybridized carbons (Fsp3) is 0.227. The standard InChI is InChI=1S/C22H17F4N3O4/c1-11-18-20(33-28-11)19(14-9-13(31-2)5-7-17(14)32-3)27-29(21(18)30)10-12-4-6-16(23)15(8-12)22(24,25)26/h4-9H,10H2,1-3H3. The summed E-state index contributed by atoms with van der Waals surface area (Å²) in [5.74, 6) is -0.535. The lowest BCUT2D eigenvalue weighted by Crippen LogP contribution is -2.24. The third kappa shape index (κ3) is 4.01. The van der Waals surface area contributed by atoms with Crippen LogP contribution in [0.3, 0.4) is 0 Å². The molecule has 33 heavy (non-hydrogen) atoms. The van der Waals surface area contributed by atoms with E-state index < -0.39 is 23.1 Å². The van der Waals surface area contributed by atoms with E-state index in [1.165, 1.54) is 14.2 Å². The van der Waals surface area contributed by atoms with Crippen LogP contribution in [0.25, 0.3) is 22.2 Å². The second-order valence-corrected chi connectivity index (χ2v) is 7.16. The average molecular weight is 463 g/mol. The van der Waals surface area contributed by atoms with Crippen molar-refractivity contribution < 1.29 is 31.6 Å². The second-order valence-electron chi connectivity index (χ2n) is 7.16. The van der Waals surface area contributed by atoms with Crippen molar-refractivity contribution in [1.29, 1.82) is 0 Å². The summed E-state index contributed by atoms with van der Waals surface area (Å²) in [6, 6.07) is 7.44. The Morgan fingerprint density at radius 3 is 2.52 bits per heavy atom. The van der Waals surface area contributed by atoms with Crippen molar-refractivity contribution in [3.63, 3.8) is 0 Å². The number of ether oxygens (including phenoxy) is 2. The number of aryl methyl sites for hydroxylation is 1. The molecule has 0 N–H and O–H groups in total. The lowest BCUT2D eigenvalue weighted by Gasteiger charge is -2.13. The minimum atomic E-state index is -4.88. The maximum absolute atomic E-state index is 13.7. The van der Waals surface area contributed by atoms with E-state index >= 15 is 0 Å². The molecule has 2 aromatic heterocycles. The molecule has 4 aromatic rings. The van der Waals surface area contributed by atoms with Gasteiger partial charge in [0.25, 0.3) is 5.56 Å². The number of methoxy groups -OCH3 is 2. The number of hydrogen-bond acceptors (Lipinski definition) is 6. The Balaban J connectivity index is 1.93. The molecular weight excluding hydrogens is 446 g/mol. The number of rotatable bonds is 5. The lowest BCUT2D eigenvalue weighted by atomic mass is 10.1. The molecule has 11 heteroatoms. The first-order valence-electron chi connectivity index (χ1n) is 9.59. The van der Waals surface area contributed by atoms with E-state index in [1.807, 2.05) is 0 Å². The van der Waals surface area contributed by atoms with E-state index in [2.05, 4.69) is 10.3 Å². The Morgan fingerprint density at radius 2 is 1.85 bits per heavy atom. The van der Waals surface area contributed by atoms with Crippen LogP contribution in [0.4, 0.5) is 17.6 Å². The molecule has 0 aliphatic rings. The van der Waals surface area contributed by atoms with Crippen molar-refractivity contribution >= 4 is 11.0 Å². The highest BCUT2D eigenvalue weighted by Gasteiger charge is 2.34. The van der Waals surface area contributed by atoms with Crippen molar-refractivity contribution in [1.82, 2.24) is 14.9 Å². The van der Waals surface area contributed by atoms with Gasteiger partial charge in [-0.2, -0.15) is 18.3 Å². The van der Waals surface area contributed by atoms with Crippen LogP contribution in [-0.2, 0) is 12.7 Å². The molecule has 0 fully saturated rings. The Morgan fingerprint density at radius 1 is 1.09 bits per heavy atom. The summed E-state index contributed by atoms with van der Waals surface area (Å²) in [4.78, 5) is 13.1. The predicted octanol–water partition coefficient (Wildman–Crippen LogP) is 4.58. The van der Waals surface area contributed by atoms with Gasteiger partial charge in [-0.05, 0) is 42.8 Å². The minimum absolute atomic E-state index is 0.0374. The van der Waals surface area contributed by atoms with E-state index in [0.717, 1.165) is 10.7 Å². The van der Waals surface area contributed by atoms with Gasteiger partial charge in [0.05, 0.1) is 37.6 Å². The van der Waals surface area contributed by atoms with Crippen molar-refractivity contribution in [2.24, 2.45) is 0 Å². The van der Waals surface area contributed by atoms with Gasteiger partial charge in [-0.3, -0.25) is 4.79 Å². The molecule has 0 amide bonds. The minimum Gasteiger partial charge on any atom is -0.497 e. The van der Waals surface area contributed by atoms with Gasteiger partial charge in [0, 0.05) is 0 Å². The molecule has 0 saturated heterocycles. The summed E-state index contributed by atoms with van der Waals surface area (Å²) < 4.78 is 70.1. The molecule has 0 spiro atoms. The van der Waals surface area contributed by atoms with Crippen molar-refractivity contribution in [2.75, 3.05) is 14.2 Å². The first kappa shape index (κ1) is 22.3. The highest BCUT2D eigenvalue weighted by atomic mass is 19.4. The maximum atomic E-state index is 13.7. The van der Waals surface area contributed by atoms with Crippen LogP contribution in [0.2, 0.25) is 0 Å². The molecule has 0 aliphatic heterocycles. The number of halogens is 4. The molecular formula is C22H17F4N3O4. The summed E-state index contributed by atoms with van der Waals surface area (Å²) in [6.07, 6.45) is -4.88. The van der Waals surface area contributed by atoms with Gasteiger partial charge in [0.2, 0.25) is 5.58 Å². The number of hydrogen-bond donors (Lipinski definition) is 0. The molecule has 0 saturated carbocycles. The third-order valence-corrected chi connectivity index (χ3v) is 5.08. The molecule has 2 heterocycles. The number of nitrogens with zero attached hydrogens (tertiary/aromatic N) is 3. The molecule has 0 unspecified atom stereocenters. The molecule has 2 aromatic carbocycles. The van der Waals surface area contributed by atoms with Crippen molar-refractivity contribution in [3.8, 4) is 22.8 Å². The topological polar surface area (TPSA) is 79.4 Å². The smallest absolute Gasteiger partial charge is 0.419 e. The summed E-state index contributed by atoms with van der Waals surface area (Å²) in [6.45, 7) is 1.21. The number of fused-ring (bicyclic) bond motifs is 1. The van der Waals surface area contributed by atoms with Crippen LogP contribution in [-0.4, -0.2) is 29.2 Å². The van der Waals surface area contributed by atoms with Crippen LogP contribution in [0.15, 0.2) is 45.7 Å². The van der Waals surface area contributed by atoms with Crippen LogP contribution in [0, 0.1) is 12.7 Å². The van der Waals surface area contributed by atoms with Gasteiger partial charge < -0.3 is 14.0 Å². The van der Waals surface area contributed by atoms with E-state index in [9.17, 15) is 22.4 Å². The van der Waals surface area contributed by atoms with Crippen LogP contribution < -0.4 is 15.0 Å². The molecule has 0 bridgehead atoms. The highest BCUT2D eigenvalue weighted by molar-refractivity contribution is 5.92. The molecule has 172 valence electrons. The zero-order chi connectivity index (χ0) is 23.9. The molecule has 0 radical (unpaired) electrons. The monoisotopic (exact) mass is 463 g/mol. The quantitative estimate of drug-likeness (QED) is 0.403. The van der Waals surface area contributed by atoms with Crippen LogP contribution in [0.5, 0.6) is 11.5 Å². The number of benzene rings is 2. The fourth-order valence-electron chi connectivity index (χ4n) is 3.47. The maximum Gasteiger partial charge on any atom is 0.419 e. The number of aromatic nitrogens is 3. The van der Waals surface area contributed by atoms with Gasteiger partial charge >= 0.3 is 6.18 Å². The Labute approximate surface area is 184 Å². The molecule has 0 atom stereocenters. The largest absolute Gasteiger partial charge is 0.497 e. The molecule has 7 nitrogen and oxygen atoms in total. The van der Waals surface area contributed by atoms with E-state index in [1.54, 1.807) is 25.1 Å². The van der Waals surface area contributed by atoms with Gasteiger partial charge in [-0.15, -0.1) is 0 Å². The van der Waals surface area contributed by atoms with E-state index in [4.69, 9.17) is 14.0 Å². The van der Waals surface area contributed by atoms with Crippen LogP contribution in [0.1, 0.15) is 16.8 Å². The SMILES string of the molecule is COc1ccc(OC)c(-c2nn(Cc3ccc(F)c(C(F)(F)F)c3)c(=O)c3c(C)noc23)c1. The second kappa shape index (κ2) is 8.23.